The highest BCUT2D eigenvalue weighted by Crippen LogP contribution is 2.31. The molecule has 29 heavy (non-hydrogen) atoms. The first-order valence-electron chi connectivity index (χ1n) is 10.6. The zero-order valence-electron chi connectivity index (χ0n) is 17.2. The number of amides is 1. The number of anilines is 1. The van der Waals surface area contributed by atoms with Crippen LogP contribution in [0.25, 0.3) is 11.1 Å². The van der Waals surface area contributed by atoms with E-state index >= 15 is 0 Å². The van der Waals surface area contributed by atoms with Gasteiger partial charge in [0.1, 0.15) is 5.75 Å². The third kappa shape index (κ3) is 7.76. The van der Waals surface area contributed by atoms with Crippen molar-refractivity contribution >= 4 is 11.6 Å². The lowest BCUT2D eigenvalue weighted by Crippen LogP contribution is -2.11. The van der Waals surface area contributed by atoms with Crippen LogP contribution in [0.3, 0.4) is 0 Å². The fraction of sp³-hybridized carbons (Fsp3) is 0.458. The Labute approximate surface area is 172 Å². The predicted molar refractivity (Wildman–Crippen MR) is 116 cm³/mol. The molecule has 5 heteroatoms. The van der Waals surface area contributed by atoms with E-state index in [2.05, 4.69) is 12.2 Å². The maximum Gasteiger partial charge on any atom is 0.224 e. The lowest BCUT2D eigenvalue weighted by molar-refractivity contribution is -0.116. The zero-order chi connectivity index (χ0) is 21.1. The van der Waals surface area contributed by atoms with Crippen LogP contribution in [0.5, 0.6) is 11.5 Å². The molecular formula is C24H32FNO3. The molecule has 3 N–H and O–H groups in total. The standard InChI is InChI=1S/C24H32FNO3/c1-2-3-4-5-6-7-8-9-10-11-24(29)26-21-17-19(13-15-23(21)28)18-12-14-22(27)20(25)16-18/h12-17,27-28H,2-11H2,1H3,(H,26,29). The quantitative estimate of drug-likeness (QED) is 0.272. The van der Waals surface area contributed by atoms with Crippen LogP contribution < -0.4 is 5.32 Å². The molecular weight excluding hydrogens is 369 g/mol. The van der Waals surface area contributed by atoms with Crippen LogP contribution >= 0.6 is 0 Å². The third-order valence-corrected chi connectivity index (χ3v) is 5.06. The van der Waals surface area contributed by atoms with Gasteiger partial charge in [-0.3, -0.25) is 4.79 Å². The number of carbonyl (C=O) groups is 1. The van der Waals surface area contributed by atoms with E-state index in [1.165, 1.54) is 56.7 Å². The van der Waals surface area contributed by atoms with Gasteiger partial charge in [-0.2, -0.15) is 0 Å². The SMILES string of the molecule is CCCCCCCCCCCC(=O)Nc1cc(-c2ccc(O)c(F)c2)ccc1O. The van der Waals surface area contributed by atoms with Crippen LogP contribution in [0.4, 0.5) is 10.1 Å². The van der Waals surface area contributed by atoms with E-state index in [0.29, 0.717) is 23.2 Å². The molecule has 1 amide bonds. The second-order valence-corrected chi connectivity index (χ2v) is 7.52. The summed E-state index contributed by atoms with van der Waals surface area (Å²) in [5, 5.41) is 22.1. The molecule has 2 aromatic rings. The zero-order valence-corrected chi connectivity index (χ0v) is 17.2. The summed E-state index contributed by atoms with van der Waals surface area (Å²) in [5.74, 6) is -1.31. The molecule has 2 aromatic carbocycles. The molecule has 158 valence electrons. The maximum absolute atomic E-state index is 13.6. The van der Waals surface area contributed by atoms with Gasteiger partial charge in [-0.1, -0.05) is 70.4 Å². The molecule has 0 radical (unpaired) electrons. The summed E-state index contributed by atoms with van der Waals surface area (Å²) in [6, 6.07) is 8.79. The lowest BCUT2D eigenvalue weighted by atomic mass is 10.0. The highest BCUT2D eigenvalue weighted by atomic mass is 19.1. The Hall–Kier alpha value is -2.56. The molecule has 0 unspecified atom stereocenters. The molecule has 0 bridgehead atoms. The van der Waals surface area contributed by atoms with Gasteiger partial charge in [0.25, 0.3) is 0 Å². The molecule has 0 spiro atoms. The van der Waals surface area contributed by atoms with Crippen molar-refractivity contribution in [2.75, 3.05) is 5.32 Å². The van der Waals surface area contributed by atoms with Crippen LogP contribution in [0, 0.1) is 5.82 Å². The van der Waals surface area contributed by atoms with Crippen LogP contribution in [0.15, 0.2) is 36.4 Å². The summed E-state index contributed by atoms with van der Waals surface area (Å²) in [5.41, 5.74) is 1.49. The normalized spacial score (nSPS) is 10.8. The number of phenols is 2. The molecule has 0 heterocycles. The fourth-order valence-electron chi connectivity index (χ4n) is 3.31. The first kappa shape index (κ1) is 22.7. The van der Waals surface area contributed by atoms with Crippen molar-refractivity contribution in [3.63, 3.8) is 0 Å². The Morgan fingerprint density at radius 2 is 1.38 bits per heavy atom. The largest absolute Gasteiger partial charge is 0.506 e. The van der Waals surface area contributed by atoms with E-state index in [-0.39, 0.29) is 11.7 Å². The number of hydrogen-bond donors (Lipinski definition) is 3. The summed E-state index contributed by atoms with van der Waals surface area (Å²) in [4.78, 5) is 12.2. The molecule has 4 nitrogen and oxygen atoms in total. The number of unbranched alkanes of at least 4 members (excludes halogenated alkanes) is 8. The van der Waals surface area contributed by atoms with E-state index < -0.39 is 11.6 Å². The summed E-state index contributed by atoms with van der Waals surface area (Å²) in [6.45, 7) is 2.22. The topological polar surface area (TPSA) is 69.6 Å². The van der Waals surface area contributed by atoms with Gasteiger partial charge in [-0.15, -0.1) is 0 Å². The maximum atomic E-state index is 13.6. The van der Waals surface area contributed by atoms with Crippen molar-refractivity contribution in [2.45, 2.75) is 71.1 Å². The van der Waals surface area contributed by atoms with E-state index in [9.17, 15) is 19.4 Å². The van der Waals surface area contributed by atoms with Gasteiger partial charge in [0.2, 0.25) is 5.91 Å². The van der Waals surface area contributed by atoms with Crippen LogP contribution in [-0.2, 0) is 4.79 Å². The minimum atomic E-state index is -0.716. The number of phenolic OH excluding ortho intramolecular Hbond substituents is 2. The average Bonchev–Trinajstić information content (AvgIpc) is 2.70. The van der Waals surface area contributed by atoms with Crippen LogP contribution in [0.1, 0.15) is 71.1 Å². The Morgan fingerprint density at radius 1 is 0.828 bits per heavy atom. The van der Waals surface area contributed by atoms with Gasteiger partial charge in [0, 0.05) is 6.42 Å². The monoisotopic (exact) mass is 401 g/mol. The number of nitrogens with one attached hydrogen (secondary N) is 1. The first-order chi connectivity index (χ1) is 14.0. The van der Waals surface area contributed by atoms with Gasteiger partial charge >= 0.3 is 0 Å². The van der Waals surface area contributed by atoms with Crippen molar-refractivity contribution in [1.82, 2.24) is 0 Å². The summed E-state index contributed by atoms with van der Waals surface area (Å²) in [6.07, 6.45) is 11.1. The molecule has 0 saturated heterocycles. The number of aromatic hydroxyl groups is 2. The van der Waals surface area contributed by atoms with Gasteiger partial charge < -0.3 is 15.5 Å². The lowest BCUT2D eigenvalue weighted by Gasteiger charge is -2.10. The van der Waals surface area contributed by atoms with E-state index in [1.807, 2.05) is 0 Å². The predicted octanol–water partition coefficient (Wildman–Crippen LogP) is 6.76. The highest BCUT2D eigenvalue weighted by Gasteiger charge is 2.10. The first-order valence-corrected chi connectivity index (χ1v) is 10.6. The third-order valence-electron chi connectivity index (χ3n) is 5.06. The molecule has 0 fully saturated rings. The van der Waals surface area contributed by atoms with Gasteiger partial charge in [-0.05, 0) is 41.8 Å². The molecule has 0 saturated carbocycles. The Bertz CT molecular complexity index is 792. The van der Waals surface area contributed by atoms with Crippen LogP contribution in [0.2, 0.25) is 0 Å². The van der Waals surface area contributed by atoms with Crippen molar-refractivity contribution in [2.24, 2.45) is 0 Å². The number of carbonyl (C=O) groups excluding carboxylic acids is 1. The van der Waals surface area contributed by atoms with Crippen molar-refractivity contribution in [3.8, 4) is 22.6 Å². The van der Waals surface area contributed by atoms with Crippen LogP contribution in [-0.4, -0.2) is 16.1 Å². The van der Waals surface area contributed by atoms with Gasteiger partial charge in [0.05, 0.1) is 5.69 Å². The highest BCUT2D eigenvalue weighted by molar-refractivity contribution is 5.93. The number of halogens is 1. The van der Waals surface area contributed by atoms with Crippen molar-refractivity contribution < 1.29 is 19.4 Å². The number of hydrogen-bond acceptors (Lipinski definition) is 3. The molecule has 0 aliphatic carbocycles. The minimum Gasteiger partial charge on any atom is -0.506 e. The van der Waals surface area contributed by atoms with Crippen molar-refractivity contribution in [1.29, 1.82) is 0 Å². The molecule has 0 atom stereocenters. The minimum absolute atomic E-state index is 0.0339. The Balaban J connectivity index is 1.79. The smallest absolute Gasteiger partial charge is 0.224 e. The Morgan fingerprint density at radius 3 is 2.00 bits per heavy atom. The van der Waals surface area contributed by atoms with Gasteiger partial charge in [0.15, 0.2) is 11.6 Å². The Kier molecular flexibility index (Phi) is 9.48. The average molecular weight is 402 g/mol. The van der Waals surface area contributed by atoms with Crippen molar-refractivity contribution in [3.05, 3.63) is 42.2 Å². The molecule has 0 aromatic heterocycles. The van der Waals surface area contributed by atoms with E-state index in [1.54, 1.807) is 18.2 Å². The molecule has 0 aliphatic rings. The fourth-order valence-corrected chi connectivity index (χ4v) is 3.31. The number of benzene rings is 2. The number of rotatable bonds is 12. The van der Waals surface area contributed by atoms with Gasteiger partial charge in [-0.25, -0.2) is 4.39 Å². The summed E-state index contributed by atoms with van der Waals surface area (Å²) < 4.78 is 13.6. The van der Waals surface area contributed by atoms with E-state index in [0.717, 1.165) is 19.3 Å². The van der Waals surface area contributed by atoms with E-state index in [4.69, 9.17) is 0 Å². The molecule has 2 rings (SSSR count). The second-order valence-electron chi connectivity index (χ2n) is 7.52. The second kappa shape index (κ2) is 12.1. The summed E-state index contributed by atoms with van der Waals surface area (Å²) in [7, 11) is 0. The summed E-state index contributed by atoms with van der Waals surface area (Å²) >= 11 is 0. The molecule has 0 aliphatic heterocycles.